The third-order valence-electron chi connectivity index (χ3n) is 1.42. The predicted molar refractivity (Wildman–Crippen MR) is 54.1 cm³/mol. The first-order valence-electron chi connectivity index (χ1n) is 4.21. The van der Waals surface area contributed by atoms with E-state index in [1.54, 1.807) is 6.92 Å². The zero-order chi connectivity index (χ0) is 11.8. The van der Waals surface area contributed by atoms with Crippen LogP contribution in [-0.2, 0) is 4.79 Å². The van der Waals surface area contributed by atoms with E-state index in [-0.39, 0.29) is 48.7 Å². The molecule has 0 heterocycles. The SMILES string of the molecule is CCC(=O)O.O=C(O)c1ccc(O)cc1.[H-].[Na+]. The molecule has 0 aliphatic carbocycles. The Hall–Kier alpha value is -1.04. The van der Waals surface area contributed by atoms with Crippen LogP contribution in [0.3, 0.4) is 0 Å². The van der Waals surface area contributed by atoms with Gasteiger partial charge in [-0.15, -0.1) is 0 Å². The molecule has 0 spiro atoms. The summed E-state index contributed by atoms with van der Waals surface area (Å²) >= 11 is 0. The Balaban J connectivity index is -0.000000247. The maximum atomic E-state index is 10.2. The molecule has 84 valence electrons. The molecular weight excluding hydrogens is 223 g/mol. The van der Waals surface area contributed by atoms with Gasteiger partial charge in [0.15, 0.2) is 0 Å². The number of carboxylic acids is 2. The maximum Gasteiger partial charge on any atom is 1.00 e. The molecule has 5 nitrogen and oxygen atoms in total. The first kappa shape index (κ1) is 17.4. The van der Waals surface area contributed by atoms with Gasteiger partial charge in [-0.3, -0.25) is 4.79 Å². The minimum Gasteiger partial charge on any atom is -1.00 e. The van der Waals surface area contributed by atoms with Crippen LogP contribution >= 0.6 is 0 Å². The summed E-state index contributed by atoms with van der Waals surface area (Å²) in [5.74, 6) is -1.66. The number of aromatic hydroxyl groups is 1. The van der Waals surface area contributed by atoms with Gasteiger partial charge < -0.3 is 16.7 Å². The van der Waals surface area contributed by atoms with Crippen LogP contribution in [0.5, 0.6) is 5.75 Å². The zero-order valence-corrected chi connectivity index (χ0v) is 11.2. The third-order valence-corrected chi connectivity index (χ3v) is 1.42. The van der Waals surface area contributed by atoms with Crippen molar-refractivity contribution in [1.29, 1.82) is 0 Å². The Morgan fingerprint density at radius 3 is 1.81 bits per heavy atom. The van der Waals surface area contributed by atoms with Crippen molar-refractivity contribution in [3.05, 3.63) is 29.8 Å². The van der Waals surface area contributed by atoms with E-state index in [0.717, 1.165) is 0 Å². The van der Waals surface area contributed by atoms with Gasteiger partial charge in [-0.05, 0) is 24.3 Å². The van der Waals surface area contributed by atoms with Crippen LogP contribution in [-0.4, -0.2) is 27.3 Å². The third kappa shape index (κ3) is 8.28. The summed E-state index contributed by atoms with van der Waals surface area (Å²) < 4.78 is 0. The molecule has 0 aliphatic rings. The molecule has 0 unspecified atom stereocenters. The van der Waals surface area contributed by atoms with E-state index in [0.29, 0.717) is 0 Å². The fourth-order valence-corrected chi connectivity index (χ4v) is 0.604. The van der Waals surface area contributed by atoms with Crippen LogP contribution in [0.1, 0.15) is 25.1 Å². The van der Waals surface area contributed by atoms with Gasteiger partial charge in [0, 0.05) is 6.42 Å². The molecule has 1 aromatic carbocycles. The van der Waals surface area contributed by atoms with Crippen LogP contribution in [0.25, 0.3) is 0 Å². The second-order valence-corrected chi connectivity index (χ2v) is 2.60. The second kappa shape index (κ2) is 9.21. The molecule has 0 radical (unpaired) electrons. The molecule has 0 saturated heterocycles. The number of aromatic carboxylic acids is 1. The molecule has 0 saturated carbocycles. The summed E-state index contributed by atoms with van der Waals surface area (Å²) in [5.41, 5.74) is 0.179. The van der Waals surface area contributed by atoms with Crippen LogP contribution in [0, 0.1) is 0 Å². The van der Waals surface area contributed by atoms with Crippen LogP contribution in [0.2, 0.25) is 0 Å². The van der Waals surface area contributed by atoms with Gasteiger partial charge in [0.05, 0.1) is 5.56 Å². The Bertz CT molecular complexity index is 339. The molecule has 3 N–H and O–H groups in total. The van der Waals surface area contributed by atoms with E-state index in [1.807, 2.05) is 0 Å². The van der Waals surface area contributed by atoms with Gasteiger partial charge in [0.1, 0.15) is 5.75 Å². The van der Waals surface area contributed by atoms with Crippen molar-refractivity contribution in [2.75, 3.05) is 0 Å². The topological polar surface area (TPSA) is 94.8 Å². The molecule has 6 heteroatoms. The smallest absolute Gasteiger partial charge is 1.00 e. The van der Waals surface area contributed by atoms with Crippen LogP contribution in [0.4, 0.5) is 0 Å². The summed E-state index contributed by atoms with van der Waals surface area (Å²) in [4.78, 5) is 19.6. The summed E-state index contributed by atoms with van der Waals surface area (Å²) in [5, 5.41) is 24.9. The first-order valence-corrected chi connectivity index (χ1v) is 4.21. The van der Waals surface area contributed by atoms with Gasteiger partial charge in [0.2, 0.25) is 0 Å². The normalized spacial score (nSPS) is 8.06. The first-order chi connectivity index (χ1) is 6.97. The molecule has 0 fully saturated rings. The second-order valence-electron chi connectivity index (χ2n) is 2.60. The zero-order valence-electron chi connectivity index (χ0n) is 10.2. The number of hydrogen-bond donors (Lipinski definition) is 3. The Morgan fingerprint density at radius 2 is 1.56 bits per heavy atom. The molecule has 1 aromatic rings. The molecule has 0 bridgehead atoms. The van der Waals surface area contributed by atoms with Crippen molar-refractivity contribution in [3.63, 3.8) is 0 Å². The summed E-state index contributed by atoms with van der Waals surface area (Å²) in [7, 11) is 0. The largest absolute Gasteiger partial charge is 1.00 e. The monoisotopic (exact) mass is 236 g/mol. The minimum atomic E-state index is -0.986. The number of benzene rings is 1. The maximum absolute atomic E-state index is 10.2. The van der Waals surface area contributed by atoms with Crippen LogP contribution < -0.4 is 29.6 Å². The van der Waals surface area contributed by atoms with Gasteiger partial charge in [-0.25, -0.2) is 4.79 Å². The Morgan fingerprint density at radius 1 is 1.19 bits per heavy atom. The number of aliphatic carboxylic acids is 1. The molecule has 0 aromatic heterocycles. The van der Waals surface area contributed by atoms with Crippen molar-refractivity contribution in [2.45, 2.75) is 13.3 Å². The number of carboxylic acid groups (broad SMARTS) is 2. The minimum absolute atomic E-state index is 0. The average Bonchev–Trinajstić information content (AvgIpc) is 2.19. The van der Waals surface area contributed by atoms with E-state index in [1.165, 1.54) is 24.3 Å². The number of phenols is 1. The van der Waals surface area contributed by atoms with Crippen LogP contribution in [0.15, 0.2) is 24.3 Å². The van der Waals surface area contributed by atoms with Crippen molar-refractivity contribution in [1.82, 2.24) is 0 Å². The quantitative estimate of drug-likeness (QED) is 0.554. The molecule has 16 heavy (non-hydrogen) atoms. The van der Waals surface area contributed by atoms with Gasteiger partial charge in [-0.2, -0.15) is 0 Å². The van der Waals surface area contributed by atoms with E-state index < -0.39 is 11.9 Å². The number of rotatable bonds is 2. The summed E-state index contributed by atoms with van der Waals surface area (Å²) in [6.07, 6.45) is 0.222. The van der Waals surface area contributed by atoms with E-state index in [2.05, 4.69) is 0 Å². The van der Waals surface area contributed by atoms with Crippen molar-refractivity contribution in [3.8, 4) is 5.75 Å². The van der Waals surface area contributed by atoms with Crippen molar-refractivity contribution in [2.24, 2.45) is 0 Å². The molecule has 0 atom stereocenters. The van der Waals surface area contributed by atoms with Gasteiger partial charge in [0.25, 0.3) is 0 Å². The van der Waals surface area contributed by atoms with E-state index in [9.17, 15) is 9.59 Å². The van der Waals surface area contributed by atoms with Crippen molar-refractivity contribution < 1.29 is 55.9 Å². The molecule has 1 rings (SSSR count). The fraction of sp³-hybridized carbons (Fsp3) is 0.200. The molecular formula is C10H13NaO5. The predicted octanol–water partition coefficient (Wildman–Crippen LogP) is -1.31. The number of phenolic OH excluding ortho intramolecular Hbond substituents is 1. The molecule has 0 aliphatic heterocycles. The number of hydrogen-bond acceptors (Lipinski definition) is 3. The summed E-state index contributed by atoms with van der Waals surface area (Å²) in [6, 6.07) is 5.36. The average molecular weight is 236 g/mol. The summed E-state index contributed by atoms with van der Waals surface area (Å²) in [6.45, 7) is 1.60. The standard InChI is InChI=1S/C7H6O3.C3H6O2.Na.H/c8-6-3-1-5(2-4-6)7(9)10;1-2-3(4)5;;/h1-4,8H,(H,9,10);2H2,1H3,(H,4,5);;/q;;+1;-1. The molecule has 0 amide bonds. The number of carbonyl (C=O) groups is 2. The van der Waals surface area contributed by atoms with Gasteiger partial charge >= 0.3 is 41.5 Å². The Labute approximate surface area is 117 Å². The van der Waals surface area contributed by atoms with E-state index in [4.69, 9.17) is 15.3 Å². The van der Waals surface area contributed by atoms with Crippen molar-refractivity contribution >= 4 is 11.9 Å². The Kier molecular flexibility index (Phi) is 9.99. The fourth-order valence-electron chi connectivity index (χ4n) is 0.604. The van der Waals surface area contributed by atoms with E-state index >= 15 is 0 Å². The van der Waals surface area contributed by atoms with Gasteiger partial charge in [-0.1, -0.05) is 6.92 Å².